The molecule has 2 aromatic rings. The molecular weight excluding hydrogens is 276 g/mol. The molecule has 0 aliphatic carbocycles. The van der Waals surface area contributed by atoms with E-state index < -0.39 is 5.97 Å². The lowest BCUT2D eigenvalue weighted by atomic mass is 9.86. The van der Waals surface area contributed by atoms with Gasteiger partial charge in [0.2, 0.25) is 0 Å². The van der Waals surface area contributed by atoms with Crippen molar-refractivity contribution in [2.24, 2.45) is 0 Å². The summed E-state index contributed by atoms with van der Waals surface area (Å²) in [7, 11) is 0. The topological polar surface area (TPSA) is 35.5 Å². The highest BCUT2D eigenvalue weighted by molar-refractivity contribution is 5.74. The summed E-state index contributed by atoms with van der Waals surface area (Å²) in [6.45, 7) is 8.15. The third-order valence-electron chi connectivity index (χ3n) is 3.30. The Hall–Kier alpha value is -2.29. The molecule has 3 heteroatoms. The number of carbonyl (C=O) groups excluding carboxylic acids is 1. The summed E-state index contributed by atoms with van der Waals surface area (Å²) in [6, 6.07) is 15.1. The second kappa shape index (κ2) is 6.65. The Morgan fingerprint density at radius 2 is 1.64 bits per heavy atom. The van der Waals surface area contributed by atoms with Crippen LogP contribution in [0.2, 0.25) is 0 Å². The van der Waals surface area contributed by atoms with Crippen LogP contribution in [0.1, 0.15) is 31.9 Å². The number of aryl methyl sites for hydroxylation is 1. The molecule has 0 saturated carbocycles. The Morgan fingerprint density at radius 1 is 1.00 bits per heavy atom. The first-order valence-corrected chi connectivity index (χ1v) is 7.36. The monoisotopic (exact) mass is 298 g/mol. The molecule has 0 fully saturated rings. The summed E-state index contributed by atoms with van der Waals surface area (Å²) < 4.78 is 10.9. The molecule has 0 atom stereocenters. The van der Waals surface area contributed by atoms with E-state index in [-0.39, 0.29) is 12.0 Å². The number of ether oxygens (including phenoxy) is 2. The number of rotatable bonds is 4. The Balaban J connectivity index is 1.99. The first kappa shape index (κ1) is 16.1. The Labute approximate surface area is 131 Å². The molecule has 3 nitrogen and oxygen atoms in total. The van der Waals surface area contributed by atoms with Crippen LogP contribution in [0.15, 0.2) is 48.5 Å². The molecule has 0 saturated heterocycles. The van der Waals surface area contributed by atoms with Gasteiger partial charge in [-0.3, -0.25) is 0 Å². The first-order chi connectivity index (χ1) is 10.4. The molecule has 0 amide bonds. The van der Waals surface area contributed by atoms with Gasteiger partial charge in [0.05, 0.1) is 0 Å². The second-order valence-corrected chi connectivity index (χ2v) is 6.32. The van der Waals surface area contributed by atoms with Crippen LogP contribution >= 0.6 is 0 Å². The molecule has 0 unspecified atom stereocenters. The SMILES string of the molecule is Cc1ccc(OCC(=O)Oc2ccccc2C(C)(C)C)cc1. The van der Waals surface area contributed by atoms with Crippen LogP contribution in [0.4, 0.5) is 0 Å². The predicted octanol–water partition coefficient (Wildman–Crippen LogP) is 4.28. The van der Waals surface area contributed by atoms with Crippen LogP contribution in [0, 0.1) is 6.92 Å². The fourth-order valence-corrected chi connectivity index (χ4v) is 2.10. The van der Waals surface area contributed by atoms with Gasteiger partial charge in [0.25, 0.3) is 0 Å². The molecule has 0 bridgehead atoms. The fourth-order valence-electron chi connectivity index (χ4n) is 2.10. The van der Waals surface area contributed by atoms with Crippen molar-refractivity contribution in [3.8, 4) is 11.5 Å². The van der Waals surface area contributed by atoms with Crippen molar-refractivity contribution < 1.29 is 14.3 Å². The number of hydrogen-bond acceptors (Lipinski definition) is 3. The highest BCUT2D eigenvalue weighted by atomic mass is 16.6. The number of para-hydroxylation sites is 1. The van der Waals surface area contributed by atoms with Crippen molar-refractivity contribution in [1.29, 1.82) is 0 Å². The van der Waals surface area contributed by atoms with Crippen molar-refractivity contribution in [3.63, 3.8) is 0 Å². The van der Waals surface area contributed by atoms with Crippen LogP contribution in [-0.4, -0.2) is 12.6 Å². The van der Waals surface area contributed by atoms with Gasteiger partial charge in [0.1, 0.15) is 11.5 Å². The highest BCUT2D eigenvalue weighted by Gasteiger charge is 2.20. The average Bonchev–Trinajstić information content (AvgIpc) is 2.46. The number of benzene rings is 2. The molecule has 0 heterocycles. The zero-order valence-electron chi connectivity index (χ0n) is 13.6. The molecule has 2 rings (SSSR count). The predicted molar refractivity (Wildman–Crippen MR) is 87.5 cm³/mol. The van der Waals surface area contributed by atoms with Crippen molar-refractivity contribution in [2.75, 3.05) is 6.61 Å². The molecule has 22 heavy (non-hydrogen) atoms. The maximum absolute atomic E-state index is 12.0. The van der Waals surface area contributed by atoms with E-state index in [1.165, 1.54) is 0 Å². The molecule has 0 aliphatic heterocycles. The van der Waals surface area contributed by atoms with Gasteiger partial charge in [-0.25, -0.2) is 4.79 Å². The largest absolute Gasteiger partial charge is 0.482 e. The summed E-state index contributed by atoms with van der Waals surface area (Å²) in [5, 5.41) is 0. The average molecular weight is 298 g/mol. The van der Waals surface area contributed by atoms with E-state index >= 15 is 0 Å². The minimum absolute atomic E-state index is 0.0886. The summed E-state index contributed by atoms with van der Waals surface area (Å²) in [4.78, 5) is 12.0. The molecule has 2 aromatic carbocycles. The van der Waals surface area contributed by atoms with E-state index in [0.29, 0.717) is 11.5 Å². The number of esters is 1. The highest BCUT2D eigenvalue weighted by Crippen LogP contribution is 2.31. The minimum atomic E-state index is -0.405. The molecular formula is C19H22O3. The maximum Gasteiger partial charge on any atom is 0.349 e. The van der Waals surface area contributed by atoms with Crippen molar-refractivity contribution in [1.82, 2.24) is 0 Å². The quantitative estimate of drug-likeness (QED) is 0.624. The van der Waals surface area contributed by atoms with Gasteiger partial charge >= 0.3 is 5.97 Å². The fraction of sp³-hybridized carbons (Fsp3) is 0.316. The van der Waals surface area contributed by atoms with Crippen molar-refractivity contribution >= 4 is 5.97 Å². The summed E-state index contributed by atoms with van der Waals surface area (Å²) in [5.41, 5.74) is 2.06. The molecule has 0 N–H and O–H groups in total. The van der Waals surface area contributed by atoms with Gasteiger partial charge in [-0.1, -0.05) is 56.7 Å². The third-order valence-corrected chi connectivity index (χ3v) is 3.30. The second-order valence-electron chi connectivity index (χ2n) is 6.32. The van der Waals surface area contributed by atoms with E-state index in [1.807, 2.05) is 55.5 Å². The zero-order chi connectivity index (χ0) is 16.2. The van der Waals surface area contributed by atoms with Gasteiger partial charge in [-0.15, -0.1) is 0 Å². The standard InChI is InChI=1S/C19H22O3/c1-14-9-11-15(12-10-14)21-13-18(20)22-17-8-6-5-7-16(17)19(2,3)4/h5-12H,13H2,1-4H3. The van der Waals surface area contributed by atoms with Crippen molar-refractivity contribution in [2.45, 2.75) is 33.1 Å². The van der Waals surface area contributed by atoms with Gasteiger partial charge < -0.3 is 9.47 Å². The van der Waals surface area contributed by atoms with E-state index in [0.717, 1.165) is 11.1 Å². The lowest BCUT2D eigenvalue weighted by Crippen LogP contribution is -2.20. The molecule has 0 aliphatic rings. The van der Waals surface area contributed by atoms with Gasteiger partial charge in [0, 0.05) is 5.56 Å². The lowest BCUT2D eigenvalue weighted by molar-refractivity contribution is -0.136. The summed E-state index contributed by atoms with van der Waals surface area (Å²) >= 11 is 0. The maximum atomic E-state index is 12.0. The smallest absolute Gasteiger partial charge is 0.349 e. The van der Waals surface area contributed by atoms with Crippen LogP contribution in [0.3, 0.4) is 0 Å². The summed E-state index contributed by atoms with van der Waals surface area (Å²) in [6.07, 6.45) is 0. The Bertz CT molecular complexity index is 636. The normalized spacial score (nSPS) is 11.1. The van der Waals surface area contributed by atoms with Crippen LogP contribution in [-0.2, 0) is 10.2 Å². The Morgan fingerprint density at radius 3 is 2.27 bits per heavy atom. The van der Waals surface area contributed by atoms with E-state index in [2.05, 4.69) is 20.8 Å². The Kier molecular flexibility index (Phi) is 4.86. The minimum Gasteiger partial charge on any atom is -0.482 e. The first-order valence-electron chi connectivity index (χ1n) is 7.36. The van der Waals surface area contributed by atoms with Gasteiger partial charge in [-0.05, 0) is 30.5 Å². The molecule has 0 radical (unpaired) electrons. The summed E-state index contributed by atoms with van der Waals surface area (Å²) in [5.74, 6) is 0.844. The van der Waals surface area contributed by atoms with Crippen LogP contribution in [0.25, 0.3) is 0 Å². The van der Waals surface area contributed by atoms with E-state index in [9.17, 15) is 4.79 Å². The van der Waals surface area contributed by atoms with E-state index in [4.69, 9.17) is 9.47 Å². The number of carbonyl (C=O) groups is 1. The lowest BCUT2D eigenvalue weighted by Gasteiger charge is -2.22. The molecule has 0 aromatic heterocycles. The van der Waals surface area contributed by atoms with Crippen molar-refractivity contribution in [3.05, 3.63) is 59.7 Å². The van der Waals surface area contributed by atoms with Crippen LogP contribution < -0.4 is 9.47 Å². The molecule has 116 valence electrons. The zero-order valence-corrected chi connectivity index (χ0v) is 13.6. The third kappa shape index (κ3) is 4.35. The molecule has 0 spiro atoms. The van der Waals surface area contributed by atoms with Gasteiger partial charge in [0.15, 0.2) is 6.61 Å². The van der Waals surface area contributed by atoms with Gasteiger partial charge in [-0.2, -0.15) is 0 Å². The number of hydrogen-bond donors (Lipinski definition) is 0. The van der Waals surface area contributed by atoms with Crippen LogP contribution in [0.5, 0.6) is 11.5 Å². The van der Waals surface area contributed by atoms with E-state index in [1.54, 1.807) is 0 Å².